The predicted octanol–water partition coefficient (Wildman–Crippen LogP) is 5.92. The van der Waals surface area contributed by atoms with Crippen LogP contribution in [0.4, 0.5) is 0 Å². The van der Waals surface area contributed by atoms with Crippen LogP contribution < -0.4 is 0 Å². The first kappa shape index (κ1) is 26.0. The molecule has 0 atom stereocenters. The molecule has 0 aliphatic carbocycles. The van der Waals surface area contributed by atoms with Crippen LogP contribution >= 0.6 is 0 Å². The minimum Gasteiger partial charge on any atom is -0.345 e. The molecular weight excluding hydrogens is 458 g/mol. The summed E-state index contributed by atoms with van der Waals surface area (Å²) in [6.07, 6.45) is 2.05. The van der Waals surface area contributed by atoms with Crippen LogP contribution in [0, 0.1) is 6.92 Å². The molecule has 0 aliphatic heterocycles. The highest BCUT2D eigenvalue weighted by Crippen LogP contribution is 2.17. The number of amides is 2. The molecule has 37 heavy (non-hydrogen) atoms. The normalized spacial score (nSPS) is 10.9. The molecule has 190 valence electrons. The molecule has 5 heteroatoms. The second-order valence-corrected chi connectivity index (χ2v) is 9.69. The number of rotatable bonds is 10. The molecule has 1 heterocycles. The predicted molar refractivity (Wildman–Crippen MR) is 148 cm³/mol. The van der Waals surface area contributed by atoms with Crippen molar-refractivity contribution in [3.63, 3.8) is 0 Å². The molecule has 0 bridgehead atoms. The number of nitrogens with zero attached hydrogens (tertiary/aromatic N) is 3. The molecule has 2 amide bonds. The summed E-state index contributed by atoms with van der Waals surface area (Å²) in [5.41, 5.74) is 4.85. The summed E-state index contributed by atoms with van der Waals surface area (Å²) < 4.78 is 2.18. The van der Waals surface area contributed by atoms with Crippen LogP contribution in [-0.4, -0.2) is 38.8 Å². The molecule has 0 N–H and O–H groups in total. The molecule has 0 unspecified atom stereocenters. The van der Waals surface area contributed by atoms with Gasteiger partial charge in [0.05, 0.1) is 6.54 Å². The molecule has 0 aliphatic rings. The van der Waals surface area contributed by atoms with Gasteiger partial charge in [-0.25, -0.2) is 0 Å². The van der Waals surface area contributed by atoms with Crippen LogP contribution in [0.1, 0.15) is 46.6 Å². The van der Waals surface area contributed by atoms with E-state index in [0.717, 1.165) is 23.4 Å². The molecule has 4 rings (SSSR count). The van der Waals surface area contributed by atoms with Crippen molar-refractivity contribution in [2.75, 3.05) is 6.54 Å². The van der Waals surface area contributed by atoms with Crippen LogP contribution in [0.15, 0.2) is 103 Å². The van der Waals surface area contributed by atoms with Crippen molar-refractivity contribution >= 4 is 11.8 Å². The fourth-order valence-electron chi connectivity index (χ4n) is 4.46. The number of carbonyl (C=O) groups is 2. The third-order valence-corrected chi connectivity index (χ3v) is 6.61. The Bertz CT molecular complexity index is 1310. The zero-order chi connectivity index (χ0) is 26.2. The zero-order valence-electron chi connectivity index (χ0n) is 21.9. The van der Waals surface area contributed by atoms with Gasteiger partial charge in [0.15, 0.2) is 0 Å². The highest BCUT2D eigenvalue weighted by atomic mass is 16.2. The van der Waals surface area contributed by atoms with Gasteiger partial charge in [-0.1, -0.05) is 78.9 Å². The van der Waals surface area contributed by atoms with E-state index in [-0.39, 0.29) is 24.4 Å². The van der Waals surface area contributed by atoms with Gasteiger partial charge in [-0.15, -0.1) is 0 Å². The van der Waals surface area contributed by atoms with E-state index in [4.69, 9.17) is 0 Å². The monoisotopic (exact) mass is 493 g/mol. The Hall–Kier alpha value is -4.12. The van der Waals surface area contributed by atoms with Gasteiger partial charge in [0.25, 0.3) is 5.91 Å². The molecule has 4 aromatic rings. The topological polar surface area (TPSA) is 45.6 Å². The fourth-order valence-corrected chi connectivity index (χ4v) is 4.46. The summed E-state index contributed by atoms with van der Waals surface area (Å²) in [5, 5.41) is 0. The highest BCUT2D eigenvalue weighted by Gasteiger charge is 2.26. The number of hydrogen-bond acceptors (Lipinski definition) is 2. The van der Waals surface area contributed by atoms with Crippen molar-refractivity contribution < 1.29 is 9.59 Å². The minimum atomic E-state index is -0.117. The lowest BCUT2D eigenvalue weighted by molar-refractivity contribution is -0.133. The summed E-state index contributed by atoms with van der Waals surface area (Å²) in [4.78, 5) is 30.8. The van der Waals surface area contributed by atoms with Crippen molar-refractivity contribution in [3.05, 3.63) is 131 Å². The summed E-state index contributed by atoms with van der Waals surface area (Å²) in [6, 6.07) is 31.8. The molecule has 0 saturated heterocycles. The molecular formula is C32H35N3O2. The van der Waals surface area contributed by atoms with E-state index in [1.807, 2.05) is 105 Å². The lowest BCUT2D eigenvalue weighted by atomic mass is 10.1. The second-order valence-electron chi connectivity index (χ2n) is 9.69. The zero-order valence-corrected chi connectivity index (χ0v) is 21.9. The molecule has 1 aromatic heterocycles. The Labute approximate surface area is 220 Å². The van der Waals surface area contributed by atoms with Crippen LogP contribution in [-0.2, 0) is 24.4 Å². The van der Waals surface area contributed by atoms with Crippen molar-refractivity contribution in [2.24, 2.45) is 0 Å². The SMILES string of the molecule is Cc1ccccc1C(=O)N(CC(=O)N(Cc1ccccc1)Cc1cccn1Cc1ccccc1)C(C)C. The first-order valence-electron chi connectivity index (χ1n) is 12.8. The number of aryl methyl sites for hydroxylation is 1. The molecule has 0 radical (unpaired) electrons. The second kappa shape index (κ2) is 12.2. The van der Waals surface area contributed by atoms with Gasteiger partial charge in [0, 0.05) is 36.6 Å². The van der Waals surface area contributed by atoms with Crippen molar-refractivity contribution in [2.45, 2.75) is 46.4 Å². The fraction of sp³-hybridized carbons (Fsp3) is 0.250. The van der Waals surface area contributed by atoms with Gasteiger partial charge in [-0.05, 0) is 55.7 Å². The lowest BCUT2D eigenvalue weighted by Gasteiger charge is -2.31. The first-order chi connectivity index (χ1) is 17.9. The average Bonchev–Trinajstić information content (AvgIpc) is 3.34. The van der Waals surface area contributed by atoms with Gasteiger partial charge >= 0.3 is 0 Å². The molecule has 0 spiro atoms. The Kier molecular flexibility index (Phi) is 8.57. The summed E-state index contributed by atoms with van der Waals surface area (Å²) in [7, 11) is 0. The lowest BCUT2D eigenvalue weighted by Crippen LogP contribution is -2.45. The van der Waals surface area contributed by atoms with Gasteiger partial charge in [0.1, 0.15) is 6.54 Å². The van der Waals surface area contributed by atoms with E-state index in [0.29, 0.717) is 18.7 Å². The van der Waals surface area contributed by atoms with Crippen LogP contribution in [0.3, 0.4) is 0 Å². The van der Waals surface area contributed by atoms with Gasteiger partial charge in [0.2, 0.25) is 5.91 Å². The Balaban J connectivity index is 1.57. The largest absolute Gasteiger partial charge is 0.345 e. The van der Waals surface area contributed by atoms with Crippen molar-refractivity contribution in [3.8, 4) is 0 Å². The van der Waals surface area contributed by atoms with Crippen LogP contribution in [0.5, 0.6) is 0 Å². The highest BCUT2D eigenvalue weighted by molar-refractivity contribution is 5.97. The third kappa shape index (κ3) is 6.76. The molecule has 0 fully saturated rings. The maximum absolute atomic E-state index is 13.8. The third-order valence-electron chi connectivity index (χ3n) is 6.61. The number of carbonyl (C=O) groups excluding carboxylic acids is 2. The summed E-state index contributed by atoms with van der Waals surface area (Å²) in [5.74, 6) is -0.194. The quantitative estimate of drug-likeness (QED) is 0.275. The van der Waals surface area contributed by atoms with E-state index in [1.54, 1.807) is 4.90 Å². The van der Waals surface area contributed by atoms with E-state index in [1.165, 1.54) is 5.56 Å². The number of aromatic nitrogens is 1. The van der Waals surface area contributed by atoms with Gasteiger partial charge in [-0.2, -0.15) is 0 Å². The Morgan fingerprint density at radius 3 is 2.03 bits per heavy atom. The number of hydrogen-bond donors (Lipinski definition) is 0. The van der Waals surface area contributed by atoms with E-state index >= 15 is 0 Å². The summed E-state index contributed by atoms with van der Waals surface area (Å²) in [6.45, 7) is 7.53. The maximum Gasteiger partial charge on any atom is 0.254 e. The van der Waals surface area contributed by atoms with E-state index in [9.17, 15) is 9.59 Å². The minimum absolute atomic E-state index is 0.0249. The van der Waals surface area contributed by atoms with Gasteiger partial charge < -0.3 is 14.4 Å². The molecule has 3 aromatic carbocycles. The first-order valence-corrected chi connectivity index (χ1v) is 12.8. The van der Waals surface area contributed by atoms with Gasteiger partial charge in [-0.3, -0.25) is 9.59 Å². The van der Waals surface area contributed by atoms with Crippen molar-refractivity contribution in [1.82, 2.24) is 14.4 Å². The molecule has 0 saturated carbocycles. The smallest absolute Gasteiger partial charge is 0.254 e. The van der Waals surface area contributed by atoms with E-state index < -0.39 is 0 Å². The summed E-state index contributed by atoms with van der Waals surface area (Å²) >= 11 is 0. The molecule has 5 nitrogen and oxygen atoms in total. The average molecular weight is 494 g/mol. The van der Waals surface area contributed by atoms with Crippen molar-refractivity contribution in [1.29, 1.82) is 0 Å². The Morgan fingerprint density at radius 1 is 0.757 bits per heavy atom. The van der Waals surface area contributed by atoms with Crippen LogP contribution in [0.25, 0.3) is 0 Å². The Morgan fingerprint density at radius 2 is 1.38 bits per heavy atom. The van der Waals surface area contributed by atoms with E-state index in [2.05, 4.69) is 29.0 Å². The van der Waals surface area contributed by atoms with Crippen LogP contribution in [0.2, 0.25) is 0 Å². The number of benzene rings is 3. The standard InChI is InChI=1S/C32H35N3O2/c1-25(2)35(32(37)30-19-11-10-13-26(30)3)24-31(36)34(22-28-16-8-5-9-17-28)23-29-18-12-20-33(29)21-27-14-6-4-7-15-27/h4-20,25H,21-24H2,1-3H3. The maximum atomic E-state index is 13.8.